The fourth-order valence-electron chi connectivity index (χ4n) is 1.64. The van der Waals surface area contributed by atoms with Gasteiger partial charge in [-0.1, -0.05) is 0 Å². The molecular formula is C13H14N2O2S. The maximum absolute atomic E-state index is 5.34. The Morgan fingerprint density at radius 1 is 1.17 bits per heavy atom. The quantitative estimate of drug-likeness (QED) is 0.860. The molecule has 0 aliphatic rings. The van der Waals surface area contributed by atoms with Gasteiger partial charge < -0.3 is 9.47 Å². The third kappa shape index (κ3) is 2.56. The van der Waals surface area contributed by atoms with Gasteiger partial charge in [-0.15, -0.1) is 0 Å². The van der Waals surface area contributed by atoms with E-state index in [1.165, 1.54) is 0 Å². The van der Waals surface area contributed by atoms with Crippen LogP contribution in [0.15, 0.2) is 30.5 Å². The zero-order chi connectivity index (χ0) is 13.0. The highest BCUT2D eigenvalue weighted by molar-refractivity contribution is 7.79. The van der Waals surface area contributed by atoms with E-state index in [1.54, 1.807) is 20.4 Å². The molecule has 0 radical (unpaired) electrons. The molecule has 18 heavy (non-hydrogen) atoms. The zero-order valence-electron chi connectivity index (χ0n) is 10.3. The Kier molecular flexibility index (Phi) is 4.04. The molecule has 0 aliphatic heterocycles. The lowest BCUT2D eigenvalue weighted by Gasteiger charge is -2.10. The van der Waals surface area contributed by atoms with Crippen LogP contribution in [0.4, 0.5) is 0 Å². The number of nitrogens with zero attached hydrogens (tertiary/aromatic N) is 2. The number of thiol groups is 1. The molecule has 94 valence electrons. The molecule has 5 heteroatoms. The second-order valence-corrected chi connectivity index (χ2v) is 3.90. The fourth-order valence-corrected chi connectivity index (χ4v) is 1.79. The molecule has 0 saturated heterocycles. The molecule has 0 unspecified atom stereocenters. The summed E-state index contributed by atoms with van der Waals surface area (Å²) in [6.07, 6.45) is 1.72. The van der Waals surface area contributed by atoms with E-state index >= 15 is 0 Å². The van der Waals surface area contributed by atoms with Gasteiger partial charge in [0.05, 0.1) is 25.7 Å². The molecule has 1 aromatic heterocycles. The van der Waals surface area contributed by atoms with Gasteiger partial charge in [0, 0.05) is 11.8 Å². The molecule has 4 nitrogen and oxygen atoms in total. The van der Waals surface area contributed by atoms with Crippen molar-refractivity contribution in [3.8, 4) is 22.8 Å². The van der Waals surface area contributed by atoms with E-state index in [1.807, 2.05) is 24.3 Å². The maximum Gasteiger partial charge on any atom is 0.138 e. The average molecular weight is 262 g/mol. The van der Waals surface area contributed by atoms with Gasteiger partial charge in [-0.05, 0) is 24.3 Å². The van der Waals surface area contributed by atoms with Crippen molar-refractivity contribution in [2.24, 2.45) is 0 Å². The molecule has 0 N–H and O–H groups in total. The van der Waals surface area contributed by atoms with Crippen LogP contribution in [0.25, 0.3) is 11.3 Å². The molecule has 0 aliphatic carbocycles. The largest absolute Gasteiger partial charge is 0.497 e. The first kappa shape index (κ1) is 12.7. The average Bonchev–Trinajstić information content (AvgIpc) is 2.46. The van der Waals surface area contributed by atoms with Crippen LogP contribution in [-0.4, -0.2) is 24.2 Å². The highest BCUT2D eigenvalue weighted by Gasteiger charge is 2.09. The van der Waals surface area contributed by atoms with Crippen molar-refractivity contribution in [1.29, 1.82) is 0 Å². The minimum Gasteiger partial charge on any atom is -0.497 e. The predicted octanol–water partition coefficient (Wildman–Crippen LogP) is 2.59. The lowest BCUT2D eigenvalue weighted by Crippen LogP contribution is -1.96. The molecule has 0 fully saturated rings. The fraction of sp³-hybridized carbons (Fsp3) is 0.231. The van der Waals surface area contributed by atoms with E-state index in [-0.39, 0.29) is 0 Å². The molecule has 1 heterocycles. The summed E-state index contributed by atoms with van der Waals surface area (Å²) in [6.45, 7) is 0. The first-order valence-electron chi connectivity index (χ1n) is 5.43. The van der Waals surface area contributed by atoms with Gasteiger partial charge in [-0.2, -0.15) is 12.6 Å². The molecule has 0 bridgehead atoms. The lowest BCUT2D eigenvalue weighted by molar-refractivity contribution is 0.404. The molecular weight excluding hydrogens is 248 g/mol. The molecule has 0 saturated carbocycles. The number of ether oxygens (including phenoxy) is 2. The van der Waals surface area contributed by atoms with Gasteiger partial charge >= 0.3 is 0 Å². The monoisotopic (exact) mass is 262 g/mol. The van der Waals surface area contributed by atoms with Crippen LogP contribution < -0.4 is 9.47 Å². The Labute approximate surface area is 111 Å². The number of hydrogen-bond donors (Lipinski definition) is 1. The van der Waals surface area contributed by atoms with Crippen molar-refractivity contribution in [1.82, 2.24) is 9.97 Å². The van der Waals surface area contributed by atoms with E-state index in [2.05, 4.69) is 22.6 Å². The number of methoxy groups -OCH3 is 2. The normalized spacial score (nSPS) is 10.2. The van der Waals surface area contributed by atoms with Crippen molar-refractivity contribution < 1.29 is 9.47 Å². The third-order valence-corrected chi connectivity index (χ3v) is 2.81. The van der Waals surface area contributed by atoms with Crippen LogP contribution >= 0.6 is 12.6 Å². The summed E-state index contributed by atoms with van der Waals surface area (Å²) < 4.78 is 10.6. The molecule has 1 aromatic carbocycles. The van der Waals surface area contributed by atoms with Crippen molar-refractivity contribution in [3.05, 3.63) is 36.3 Å². The van der Waals surface area contributed by atoms with E-state index in [4.69, 9.17) is 9.47 Å². The Hall–Kier alpha value is -1.75. The van der Waals surface area contributed by atoms with Crippen LogP contribution in [0.5, 0.6) is 11.5 Å². The molecule has 2 rings (SSSR count). The Morgan fingerprint density at radius 2 is 2.00 bits per heavy atom. The molecule has 0 amide bonds. The SMILES string of the molecule is COc1ccc(OC)c(-c2ccnc(CS)n2)c1. The summed E-state index contributed by atoms with van der Waals surface area (Å²) >= 11 is 4.18. The van der Waals surface area contributed by atoms with Crippen molar-refractivity contribution in [2.75, 3.05) is 14.2 Å². The lowest BCUT2D eigenvalue weighted by atomic mass is 10.1. The van der Waals surface area contributed by atoms with Crippen molar-refractivity contribution in [2.45, 2.75) is 5.75 Å². The van der Waals surface area contributed by atoms with Gasteiger partial charge in [0.1, 0.15) is 17.3 Å². The number of hydrogen-bond acceptors (Lipinski definition) is 5. The van der Waals surface area contributed by atoms with Gasteiger partial charge in [0.2, 0.25) is 0 Å². The van der Waals surface area contributed by atoms with Crippen LogP contribution in [0, 0.1) is 0 Å². The Morgan fingerprint density at radius 3 is 2.67 bits per heavy atom. The summed E-state index contributed by atoms with van der Waals surface area (Å²) in [7, 11) is 3.26. The number of aromatic nitrogens is 2. The smallest absolute Gasteiger partial charge is 0.138 e. The van der Waals surface area contributed by atoms with Gasteiger partial charge in [0.25, 0.3) is 0 Å². The molecule has 2 aromatic rings. The van der Waals surface area contributed by atoms with Crippen LogP contribution in [0.1, 0.15) is 5.82 Å². The van der Waals surface area contributed by atoms with Crippen LogP contribution in [0.3, 0.4) is 0 Å². The van der Waals surface area contributed by atoms with Gasteiger partial charge in [0.15, 0.2) is 0 Å². The summed E-state index contributed by atoms with van der Waals surface area (Å²) in [5, 5.41) is 0. The zero-order valence-corrected chi connectivity index (χ0v) is 11.1. The van der Waals surface area contributed by atoms with E-state index in [9.17, 15) is 0 Å². The summed E-state index contributed by atoms with van der Waals surface area (Å²) in [4.78, 5) is 8.54. The third-order valence-electron chi connectivity index (χ3n) is 2.53. The van der Waals surface area contributed by atoms with Crippen molar-refractivity contribution >= 4 is 12.6 Å². The molecule has 0 spiro atoms. The summed E-state index contributed by atoms with van der Waals surface area (Å²) in [5.74, 6) is 2.69. The number of rotatable bonds is 4. The Balaban J connectivity index is 2.53. The van der Waals surface area contributed by atoms with Crippen molar-refractivity contribution in [3.63, 3.8) is 0 Å². The van der Waals surface area contributed by atoms with E-state index in [0.29, 0.717) is 11.6 Å². The minimum atomic E-state index is 0.500. The predicted molar refractivity (Wildman–Crippen MR) is 73.3 cm³/mol. The van der Waals surface area contributed by atoms with Crippen LogP contribution in [0.2, 0.25) is 0 Å². The Bertz CT molecular complexity index is 546. The standard InChI is InChI=1S/C13H14N2O2S/c1-16-9-3-4-12(17-2)10(7-9)11-5-6-14-13(8-18)15-11/h3-7,18H,8H2,1-2H3. The van der Waals surface area contributed by atoms with Gasteiger partial charge in [-0.25, -0.2) is 9.97 Å². The van der Waals surface area contributed by atoms with Gasteiger partial charge in [-0.3, -0.25) is 0 Å². The summed E-state index contributed by atoms with van der Waals surface area (Å²) in [6, 6.07) is 7.44. The van der Waals surface area contributed by atoms with E-state index < -0.39 is 0 Å². The topological polar surface area (TPSA) is 44.2 Å². The molecule has 0 atom stereocenters. The van der Waals surface area contributed by atoms with E-state index in [0.717, 1.165) is 22.8 Å². The highest BCUT2D eigenvalue weighted by Crippen LogP contribution is 2.32. The second-order valence-electron chi connectivity index (χ2n) is 3.58. The first-order valence-corrected chi connectivity index (χ1v) is 6.07. The summed E-state index contributed by atoms with van der Waals surface area (Å²) in [5.41, 5.74) is 1.67. The second kappa shape index (κ2) is 5.73. The number of benzene rings is 1. The maximum atomic E-state index is 5.34. The van der Waals surface area contributed by atoms with Crippen LogP contribution in [-0.2, 0) is 5.75 Å². The minimum absolute atomic E-state index is 0.500. The highest BCUT2D eigenvalue weighted by atomic mass is 32.1. The first-order chi connectivity index (χ1) is 8.78.